The molecule has 0 spiro atoms. The lowest BCUT2D eigenvalue weighted by Crippen LogP contribution is -2.48. The summed E-state index contributed by atoms with van der Waals surface area (Å²) in [5, 5.41) is 14.8. The number of nitrogens with one attached hydrogen (secondary N) is 1. The minimum Gasteiger partial charge on any atom is -0.421 e. The van der Waals surface area contributed by atoms with Crippen molar-refractivity contribution in [3.05, 3.63) is 65.0 Å². The molecule has 0 unspecified atom stereocenters. The van der Waals surface area contributed by atoms with E-state index in [0.717, 1.165) is 29.7 Å². The van der Waals surface area contributed by atoms with Gasteiger partial charge in [-0.05, 0) is 54.5 Å². The van der Waals surface area contributed by atoms with Crippen LogP contribution in [0.15, 0.2) is 46.9 Å². The summed E-state index contributed by atoms with van der Waals surface area (Å²) in [5.41, 5.74) is 4.92. The smallest absolute Gasteiger partial charge is 0.256 e. The van der Waals surface area contributed by atoms with Crippen molar-refractivity contribution < 1.29 is 14.0 Å². The maximum absolute atomic E-state index is 13.5. The van der Waals surface area contributed by atoms with Gasteiger partial charge in [0, 0.05) is 44.9 Å². The highest BCUT2D eigenvalue weighted by atomic mass is 16.4. The first kappa shape index (κ1) is 27.3. The number of fused-ring (bicyclic) bond motifs is 1. The van der Waals surface area contributed by atoms with Gasteiger partial charge < -0.3 is 14.6 Å². The van der Waals surface area contributed by atoms with Gasteiger partial charge in [0.15, 0.2) is 0 Å². The first-order valence-corrected chi connectivity index (χ1v) is 13.2. The minimum absolute atomic E-state index is 0.0515. The molecule has 1 aliphatic rings. The SMILES string of the molecule is Cc1nnc(-c2ccc(C)c(N(CC(=O)NCCCC(C)C)CC(=O)N(C)N3Cc4ccccc4C3)c2)o1. The monoisotopic (exact) mass is 518 g/mol. The average molecular weight is 519 g/mol. The number of rotatable bonds is 11. The summed E-state index contributed by atoms with van der Waals surface area (Å²) >= 11 is 0. The number of nitrogens with zero attached hydrogens (tertiary/aromatic N) is 5. The second-order valence-electron chi connectivity index (χ2n) is 10.4. The molecule has 0 radical (unpaired) electrons. The first-order chi connectivity index (χ1) is 18.2. The van der Waals surface area contributed by atoms with Crippen molar-refractivity contribution in [3.8, 4) is 11.5 Å². The van der Waals surface area contributed by atoms with Crippen molar-refractivity contribution in [1.82, 2.24) is 25.5 Å². The van der Waals surface area contributed by atoms with Crippen LogP contribution in [-0.4, -0.2) is 58.7 Å². The summed E-state index contributed by atoms with van der Waals surface area (Å²) in [7, 11) is 1.79. The van der Waals surface area contributed by atoms with E-state index in [9.17, 15) is 9.59 Å². The van der Waals surface area contributed by atoms with Crippen LogP contribution in [0.1, 0.15) is 49.3 Å². The van der Waals surface area contributed by atoms with Crippen LogP contribution in [0.3, 0.4) is 0 Å². The van der Waals surface area contributed by atoms with Crippen molar-refractivity contribution in [3.63, 3.8) is 0 Å². The molecule has 3 aromatic rings. The van der Waals surface area contributed by atoms with Crippen LogP contribution in [0.2, 0.25) is 0 Å². The van der Waals surface area contributed by atoms with Gasteiger partial charge in [-0.25, -0.2) is 5.01 Å². The molecule has 2 amide bonds. The molecule has 0 saturated heterocycles. The molecule has 202 valence electrons. The number of amides is 2. The molecule has 4 rings (SSSR count). The zero-order chi connectivity index (χ0) is 27.2. The van der Waals surface area contributed by atoms with Gasteiger partial charge >= 0.3 is 0 Å². The maximum Gasteiger partial charge on any atom is 0.256 e. The number of hydrazine groups is 1. The number of anilines is 1. The maximum atomic E-state index is 13.5. The predicted molar refractivity (Wildman–Crippen MR) is 147 cm³/mol. The lowest BCUT2D eigenvalue weighted by atomic mass is 10.1. The third kappa shape index (κ3) is 6.77. The number of benzene rings is 2. The summed E-state index contributed by atoms with van der Waals surface area (Å²) in [6.07, 6.45) is 1.97. The van der Waals surface area contributed by atoms with Gasteiger partial charge in [0.05, 0.1) is 13.1 Å². The number of hydrogen-bond acceptors (Lipinski definition) is 7. The van der Waals surface area contributed by atoms with Gasteiger partial charge in [0.25, 0.3) is 5.91 Å². The zero-order valence-electron chi connectivity index (χ0n) is 23.0. The van der Waals surface area contributed by atoms with Gasteiger partial charge in [-0.3, -0.25) is 14.6 Å². The van der Waals surface area contributed by atoms with Crippen molar-refractivity contribution >= 4 is 17.5 Å². The van der Waals surface area contributed by atoms with E-state index >= 15 is 0 Å². The largest absolute Gasteiger partial charge is 0.421 e. The molecule has 9 nitrogen and oxygen atoms in total. The van der Waals surface area contributed by atoms with E-state index in [1.165, 1.54) is 11.1 Å². The molecular weight excluding hydrogens is 480 g/mol. The number of hydrogen-bond donors (Lipinski definition) is 1. The fraction of sp³-hybridized carbons (Fsp3) is 0.448. The Hall–Kier alpha value is -3.72. The summed E-state index contributed by atoms with van der Waals surface area (Å²) in [4.78, 5) is 28.3. The Morgan fingerprint density at radius 3 is 2.39 bits per heavy atom. The van der Waals surface area contributed by atoms with Crippen LogP contribution < -0.4 is 10.2 Å². The van der Waals surface area contributed by atoms with Crippen molar-refractivity contribution in [1.29, 1.82) is 0 Å². The predicted octanol–water partition coefficient (Wildman–Crippen LogP) is 4.10. The highest BCUT2D eigenvalue weighted by Crippen LogP contribution is 2.28. The number of carbonyl (C=O) groups is 2. The third-order valence-electron chi connectivity index (χ3n) is 6.87. The first-order valence-electron chi connectivity index (χ1n) is 13.2. The molecular formula is C29H38N6O3. The van der Waals surface area contributed by atoms with E-state index in [2.05, 4.69) is 41.5 Å². The van der Waals surface area contributed by atoms with Crippen LogP contribution in [0.4, 0.5) is 5.69 Å². The van der Waals surface area contributed by atoms with Crippen LogP contribution in [-0.2, 0) is 22.7 Å². The number of carbonyl (C=O) groups excluding carboxylic acids is 2. The van der Waals surface area contributed by atoms with E-state index in [0.29, 0.717) is 37.3 Å². The normalized spacial score (nSPS) is 13.0. The molecule has 1 N–H and O–H groups in total. The highest BCUT2D eigenvalue weighted by Gasteiger charge is 2.27. The van der Waals surface area contributed by atoms with Crippen LogP contribution in [0.25, 0.3) is 11.5 Å². The fourth-order valence-corrected chi connectivity index (χ4v) is 4.64. The van der Waals surface area contributed by atoms with Gasteiger partial charge in [-0.2, -0.15) is 0 Å². The molecule has 1 aromatic heterocycles. The summed E-state index contributed by atoms with van der Waals surface area (Å²) < 4.78 is 5.63. The number of aryl methyl sites for hydroxylation is 2. The molecule has 2 heterocycles. The summed E-state index contributed by atoms with van der Waals surface area (Å²) in [5.74, 6) is 1.26. The van der Waals surface area contributed by atoms with Gasteiger partial charge in [0.1, 0.15) is 0 Å². The topological polar surface area (TPSA) is 94.8 Å². The molecule has 0 fully saturated rings. The van der Waals surface area contributed by atoms with Crippen molar-refractivity contribution in [2.75, 3.05) is 31.6 Å². The molecule has 0 atom stereocenters. The number of likely N-dealkylation sites (N-methyl/N-ethyl adjacent to an activating group) is 1. The van der Waals surface area contributed by atoms with Crippen molar-refractivity contribution in [2.24, 2.45) is 5.92 Å². The standard InChI is InChI=1S/C29H38N6O3/c1-20(2)9-8-14-30-27(36)18-34(26-15-23(13-12-21(26)3)29-32-31-22(4)38-29)19-28(37)33(5)35-16-24-10-6-7-11-25(24)17-35/h6-7,10-13,15,20H,8-9,14,16-19H2,1-5H3,(H,30,36). The molecule has 38 heavy (non-hydrogen) atoms. The second kappa shape index (κ2) is 12.2. The van der Waals surface area contributed by atoms with E-state index < -0.39 is 0 Å². The Balaban J connectivity index is 1.52. The lowest BCUT2D eigenvalue weighted by Gasteiger charge is -2.32. The van der Waals surface area contributed by atoms with E-state index in [-0.39, 0.29) is 24.9 Å². The van der Waals surface area contributed by atoms with E-state index in [4.69, 9.17) is 4.42 Å². The zero-order valence-corrected chi connectivity index (χ0v) is 23.0. The average Bonchev–Trinajstić information content (AvgIpc) is 3.52. The van der Waals surface area contributed by atoms with Gasteiger partial charge in [-0.15, -0.1) is 10.2 Å². The second-order valence-corrected chi connectivity index (χ2v) is 10.4. The fourth-order valence-electron chi connectivity index (χ4n) is 4.64. The Labute approximate surface area is 224 Å². The Bertz CT molecular complexity index is 1250. The molecule has 0 saturated carbocycles. The quantitative estimate of drug-likeness (QED) is 0.382. The summed E-state index contributed by atoms with van der Waals surface area (Å²) in [6, 6.07) is 14.0. The van der Waals surface area contributed by atoms with Crippen LogP contribution in [0, 0.1) is 19.8 Å². The van der Waals surface area contributed by atoms with Crippen LogP contribution in [0.5, 0.6) is 0 Å². The van der Waals surface area contributed by atoms with Crippen LogP contribution >= 0.6 is 0 Å². The Morgan fingerprint density at radius 1 is 1.05 bits per heavy atom. The third-order valence-corrected chi connectivity index (χ3v) is 6.87. The van der Waals surface area contributed by atoms with E-state index in [1.807, 2.05) is 47.2 Å². The number of aromatic nitrogens is 2. The Morgan fingerprint density at radius 2 is 1.76 bits per heavy atom. The van der Waals surface area contributed by atoms with Gasteiger partial charge in [0.2, 0.25) is 17.7 Å². The molecule has 9 heteroatoms. The molecule has 0 aliphatic carbocycles. The lowest BCUT2D eigenvalue weighted by molar-refractivity contribution is -0.145. The Kier molecular flexibility index (Phi) is 8.78. The van der Waals surface area contributed by atoms with Gasteiger partial charge in [-0.1, -0.05) is 44.2 Å². The minimum atomic E-state index is -0.115. The van der Waals surface area contributed by atoms with E-state index in [1.54, 1.807) is 19.0 Å². The molecule has 1 aliphatic heterocycles. The molecule has 0 bridgehead atoms. The van der Waals surface area contributed by atoms with Crippen molar-refractivity contribution in [2.45, 2.75) is 53.6 Å². The molecule has 2 aromatic carbocycles. The summed E-state index contributed by atoms with van der Waals surface area (Å²) in [6.45, 7) is 10.1. The highest BCUT2D eigenvalue weighted by molar-refractivity contribution is 5.87.